The molecule has 0 amide bonds. The summed E-state index contributed by atoms with van der Waals surface area (Å²) in [7, 11) is 0. The van der Waals surface area contributed by atoms with Crippen molar-refractivity contribution in [3.8, 4) is 11.5 Å². The molecule has 0 saturated heterocycles. The van der Waals surface area contributed by atoms with Crippen molar-refractivity contribution in [1.29, 1.82) is 0 Å². The highest BCUT2D eigenvalue weighted by Gasteiger charge is 2.30. The van der Waals surface area contributed by atoms with Crippen LogP contribution in [-0.4, -0.2) is 11.8 Å². The molecule has 0 unspecified atom stereocenters. The standard InChI is InChI=1S/C27H20O5/c1-3-17-8-10-18(11-9-17)14-23-25(28)20-12-13-21(16(2)26(20)31-23)32-27(29)24-15-19-6-4-5-7-22(19)30-24/h4-15H,3H2,1-2H3/b23-14-. The number of hydrogen-bond donors (Lipinski definition) is 0. The van der Waals surface area contributed by atoms with Crippen LogP contribution in [0.15, 0.2) is 76.9 Å². The van der Waals surface area contributed by atoms with Gasteiger partial charge >= 0.3 is 5.97 Å². The van der Waals surface area contributed by atoms with Gasteiger partial charge in [-0.3, -0.25) is 4.79 Å². The van der Waals surface area contributed by atoms with Gasteiger partial charge in [0.2, 0.25) is 11.5 Å². The number of aryl methyl sites for hydroxylation is 1. The molecule has 0 atom stereocenters. The summed E-state index contributed by atoms with van der Waals surface area (Å²) >= 11 is 0. The van der Waals surface area contributed by atoms with Crippen molar-refractivity contribution in [2.75, 3.05) is 0 Å². The first-order valence-electron chi connectivity index (χ1n) is 10.4. The molecule has 3 aromatic carbocycles. The molecule has 0 aliphatic carbocycles. The zero-order valence-electron chi connectivity index (χ0n) is 17.7. The van der Waals surface area contributed by atoms with E-state index in [2.05, 4.69) is 6.92 Å². The minimum Gasteiger partial charge on any atom is -0.452 e. The fourth-order valence-electron chi connectivity index (χ4n) is 3.71. The second kappa shape index (κ2) is 7.85. The Balaban J connectivity index is 1.40. The van der Waals surface area contributed by atoms with E-state index in [-0.39, 0.29) is 17.3 Å². The van der Waals surface area contributed by atoms with Crippen LogP contribution in [0, 0.1) is 6.92 Å². The van der Waals surface area contributed by atoms with Gasteiger partial charge < -0.3 is 13.9 Å². The van der Waals surface area contributed by atoms with E-state index in [1.165, 1.54) is 5.56 Å². The van der Waals surface area contributed by atoms with E-state index in [1.807, 2.05) is 42.5 Å². The van der Waals surface area contributed by atoms with E-state index in [4.69, 9.17) is 13.9 Å². The van der Waals surface area contributed by atoms with E-state index in [1.54, 1.807) is 37.3 Å². The van der Waals surface area contributed by atoms with Crippen LogP contribution < -0.4 is 9.47 Å². The number of ether oxygens (including phenoxy) is 2. The number of benzene rings is 3. The Morgan fingerprint density at radius 3 is 2.56 bits per heavy atom. The number of hydrogen-bond acceptors (Lipinski definition) is 5. The molecule has 0 N–H and O–H groups in total. The smallest absolute Gasteiger partial charge is 0.379 e. The van der Waals surface area contributed by atoms with E-state index in [0.717, 1.165) is 17.4 Å². The number of allylic oxidation sites excluding steroid dienone is 1. The Labute approximate surface area is 184 Å². The van der Waals surface area contributed by atoms with Gasteiger partial charge in [-0.1, -0.05) is 49.4 Å². The van der Waals surface area contributed by atoms with Crippen molar-refractivity contribution < 1.29 is 23.5 Å². The predicted octanol–water partition coefficient (Wildman–Crippen LogP) is 6.14. The summed E-state index contributed by atoms with van der Waals surface area (Å²) in [6.07, 6.45) is 2.67. The molecular formula is C27H20O5. The van der Waals surface area contributed by atoms with Gasteiger partial charge in [0.05, 0.1) is 5.56 Å². The molecule has 4 aromatic rings. The van der Waals surface area contributed by atoms with E-state index in [9.17, 15) is 9.59 Å². The summed E-state index contributed by atoms with van der Waals surface area (Å²) in [5, 5.41) is 0.820. The number of esters is 1. The van der Waals surface area contributed by atoms with Gasteiger partial charge in [0.1, 0.15) is 17.1 Å². The SMILES string of the molecule is CCc1ccc(/C=C2\Oc3c(ccc(OC(=O)c4cc5ccccc5o4)c3C)C2=O)cc1. The van der Waals surface area contributed by atoms with Gasteiger partial charge in [0.25, 0.3) is 0 Å². The zero-order chi connectivity index (χ0) is 22.2. The maximum absolute atomic E-state index is 12.8. The summed E-state index contributed by atoms with van der Waals surface area (Å²) in [6.45, 7) is 3.85. The predicted molar refractivity (Wildman–Crippen MR) is 121 cm³/mol. The Kier molecular flexibility index (Phi) is 4.86. The topological polar surface area (TPSA) is 65.7 Å². The van der Waals surface area contributed by atoms with Gasteiger partial charge in [-0.05, 0) is 54.8 Å². The minimum absolute atomic E-state index is 0.110. The van der Waals surface area contributed by atoms with Crippen LogP contribution in [0.1, 0.15) is 44.5 Å². The molecule has 5 heteroatoms. The molecule has 2 heterocycles. The van der Waals surface area contributed by atoms with Crippen molar-refractivity contribution in [3.05, 3.63) is 101 Å². The number of ketones is 1. The third-order valence-electron chi connectivity index (χ3n) is 5.55. The largest absolute Gasteiger partial charge is 0.452 e. The maximum atomic E-state index is 12.8. The number of furan rings is 1. The van der Waals surface area contributed by atoms with Crippen LogP contribution >= 0.6 is 0 Å². The van der Waals surface area contributed by atoms with Gasteiger partial charge in [0, 0.05) is 10.9 Å². The Morgan fingerprint density at radius 2 is 1.81 bits per heavy atom. The average Bonchev–Trinajstić information content (AvgIpc) is 3.38. The molecule has 1 aromatic heterocycles. The first-order chi connectivity index (χ1) is 15.5. The summed E-state index contributed by atoms with van der Waals surface area (Å²) in [4.78, 5) is 25.4. The monoisotopic (exact) mass is 424 g/mol. The van der Waals surface area contributed by atoms with Crippen LogP contribution in [-0.2, 0) is 6.42 Å². The number of rotatable bonds is 4. The van der Waals surface area contributed by atoms with Crippen molar-refractivity contribution in [1.82, 2.24) is 0 Å². The number of para-hydroxylation sites is 1. The molecule has 0 saturated carbocycles. The third-order valence-corrected chi connectivity index (χ3v) is 5.55. The van der Waals surface area contributed by atoms with Crippen LogP contribution in [0.3, 0.4) is 0 Å². The zero-order valence-corrected chi connectivity index (χ0v) is 17.7. The van der Waals surface area contributed by atoms with E-state index in [0.29, 0.717) is 28.2 Å². The highest BCUT2D eigenvalue weighted by Crippen LogP contribution is 2.39. The fraction of sp³-hybridized carbons (Fsp3) is 0.111. The average molecular weight is 424 g/mol. The highest BCUT2D eigenvalue weighted by molar-refractivity contribution is 6.15. The van der Waals surface area contributed by atoms with Crippen molar-refractivity contribution >= 4 is 28.8 Å². The van der Waals surface area contributed by atoms with E-state index >= 15 is 0 Å². The second-order valence-corrected chi connectivity index (χ2v) is 7.64. The highest BCUT2D eigenvalue weighted by atomic mass is 16.5. The molecule has 0 bridgehead atoms. The number of Topliss-reactive ketones (excluding diaryl/α,β-unsaturated/α-hetero) is 1. The molecule has 1 aliphatic heterocycles. The molecule has 0 radical (unpaired) electrons. The Morgan fingerprint density at radius 1 is 1.03 bits per heavy atom. The molecule has 5 nitrogen and oxygen atoms in total. The van der Waals surface area contributed by atoms with Crippen LogP contribution in [0.25, 0.3) is 17.0 Å². The first-order valence-corrected chi connectivity index (χ1v) is 10.4. The van der Waals surface area contributed by atoms with Crippen molar-refractivity contribution in [3.63, 3.8) is 0 Å². The van der Waals surface area contributed by atoms with E-state index < -0.39 is 5.97 Å². The number of fused-ring (bicyclic) bond motifs is 2. The number of carbonyl (C=O) groups excluding carboxylic acids is 2. The van der Waals surface area contributed by atoms with Gasteiger partial charge in [-0.2, -0.15) is 0 Å². The third kappa shape index (κ3) is 3.48. The van der Waals surface area contributed by atoms with Crippen LogP contribution in [0.5, 0.6) is 11.5 Å². The van der Waals surface area contributed by atoms with Crippen LogP contribution in [0.2, 0.25) is 0 Å². The molecule has 158 valence electrons. The second-order valence-electron chi connectivity index (χ2n) is 7.64. The van der Waals surface area contributed by atoms with Crippen molar-refractivity contribution in [2.45, 2.75) is 20.3 Å². The summed E-state index contributed by atoms with van der Waals surface area (Å²) in [6, 6.07) is 20.2. The summed E-state index contributed by atoms with van der Waals surface area (Å²) < 4.78 is 17.0. The Hall–Kier alpha value is -4.12. The Bertz CT molecular complexity index is 1360. The minimum atomic E-state index is -0.611. The molecule has 5 rings (SSSR count). The normalized spacial score (nSPS) is 13.9. The quantitative estimate of drug-likeness (QED) is 0.224. The van der Waals surface area contributed by atoms with Gasteiger partial charge in [-0.25, -0.2) is 4.79 Å². The molecule has 0 spiro atoms. The lowest BCUT2D eigenvalue weighted by molar-refractivity contribution is 0.0702. The van der Waals surface area contributed by atoms with Crippen LogP contribution in [0.4, 0.5) is 0 Å². The number of carbonyl (C=O) groups is 2. The lowest BCUT2D eigenvalue weighted by Gasteiger charge is -2.09. The molecular weight excluding hydrogens is 404 g/mol. The molecule has 0 fully saturated rings. The summed E-state index contributed by atoms with van der Waals surface area (Å²) in [5.41, 5.74) is 3.74. The molecule has 1 aliphatic rings. The lowest BCUT2D eigenvalue weighted by atomic mass is 10.0. The van der Waals surface area contributed by atoms with Crippen molar-refractivity contribution in [2.24, 2.45) is 0 Å². The van der Waals surface area contributed by atoms with Gasteiger partial charge in [-0.15, -0.1) is 0 Å². The molecule has 32 heavy (non-hydrogen) atoms. The lowest BCUT2D eigenvalue weighted by Crippen LogP contribution is -2.08. The summed E-state index contributed by atoms with van der Waals surface area (Å²) in [5.74, 6) is 0.266. The van der Waals surface area contributed by atoms with Gasteiger partial charge in [0.15, 0.2) is 5.76 Å². The first kappa shape index (κ1) is 19.8. The fourth-order valence-corrected chi connectivity index (χ4v) is 3.71. The maximum Gasteiger partial charge on any atom is 0.379 e.